The Morgan fingerprint density at radius 3 is 2.91 bits per heavy atom. The number of hydrogen-bond donors (Lipinski definition) is 2. The summed E-state index contributed by atoms with van der Waals surface area (Å²) >= 11 is 0. The second-order valence-electron chi connectivity index (χ2n) is 5.72. The van der Waals surface area contributed by atoms with Gasteiger partial charge in [0.05, 0.1) is 12.1 Å². The summed E-state index contributed by atoms with van der Waals surface area (Å²) in [5.74, 6) is 0.570. The molecule has 0 spiro atoms. The largest absolute Gasteiger partial charge is 0.416 e. The highest BCUT2D eigenvalue weighted by atomic mass is 19.4. The smallest absolute Gasteiger partial charge is 0.376 e. The van der Waals surface area contributed by atoms with Gasteiger partial charge in [-0.15, -0.1) is 0 Å². The highest BCUT2D eigenvalue weighted by Gasteiger charge is 2.37. The molecule has 0 aliphatic heterocycles. The van der Waals surface area contributed by atoms with Crippen LogP contribution in [0.2, 0.25) is 0 Å². The fourth-order valence-corrected chi connectivity index (χ4v) is 2.82. The van der Waals surface area contributed by atoms with Gasteiger partial charge in [-0.05, 0) is 37.0 Å². The monoisotopic (exact) mass is 323 g/mol. The number of alkyl halides is 3. The van der Waals surface area contributed by atoms with Crippen LogP contribution in [-0.4, -0.2) is 18.2 Å². The van der Waals surface area contributed by atoms with Crippen LogP contribution in [0.4, 0.5) is 18.9 Å². The molecule has 4 nitrogen and oxygen atoms in total. The highest BCUT2D eigenvalue weighted by molar-refractivity contribution is 5.95. The molecule has 2 aliphatic rings. The van der Waals surface area contributed by atoms with E-state index < -0.39 is 11.7 Å². The molecular formula is C16H16F3N3O. The summed E-state index contributed by atoms with van der Waals surface area (Å²) in [7, 11) is 0. The first-order chi connectivity index (χ1) is 10.9. The number of anilines is 1. The van der Waals surface area contributed by atoms with E-state index in [2.05, 4.69) is 28.0 Å². The number of hydrazone groups is 1. The number of nitrogens with one attached hydrogen (secondary N) is 2. The predicted molar refractivity (Wildman–Crippen MR) is 80.9 cm³/mol. The van der Waals surface area contributed by atoms with Crippen LogP contribution in [0.25, 0.3) is 0 Å². The lowest BCUT2D eigenvalue weighted by atomic mass is 9.74. The first-order valence-electron chi connectivity index (χ1n) is 7.36. The average molecular weight is 323 g/mol. The molecule has 1 saturated carbocycles. The van der Waals surface area contributed by atoms with Crippen LogP contribution in [0.15, 0.2) is 41.5 Å². The summed E-state index contributed by atoms with van der Waals surface area (Å²) in [6.45, 7) is -0.137. The SMILES string of the molecule is O=C(CNc1cccc(C(F)(F)F)c1)NN=C1CC2CC=CC12. The van der Waals surface area contributed by atoms with E-state index >= 15 is 0 Å². The number of hydrogen-bond acceptors (Lipinski definition) is 3. The van der Waals surface area contributed by atoms with E-state index in [0.717, 1.165) is 30.7 Å². The standard InChI is InChI=1S/C16H16F3N3O/c17-16(18,19)11-4-2-5-12(8-11)20-9-15(23)22-21-14-7-10-3-1-6-13(10)14/h1-2,4-6,8,10,13,20H,3,7,9H2,(H,22,23). The maximum atomic E-state index is 12.6. The molecule has 0 heterocycles. The summed E-state index contributed by atoms with van der Waals surface area (Å²) in [4.78, 5) is 11.7. The van der Waals surface area contributed by atoms with Gasteiger partial charge in [-0.1, -0.05) is 18.2 Å². The van der Waals surface area contributed by atoms with E-state index in [9.17, 15) is 18.0 Å². The Morgan fingerprint density at radius 2 is 2.17 bits per heavy atom. The van der Waals surface area contributed by atoms with Crippen molar-refractivity contribution in [3.05, 3.63) is 42.0 Å². The molecular weight excluding hydrogens is 307 g/mol. The number of carbonyl (C=O) groups excluding carboxylic acids is 1. The third-order valence-corrected chi connectivity index (χ3v) is 4.11. The molecule has 1 aromatic rings. The first kappa shape index (κ1) is 15.6. The molecule has 7 heteroatoms. The van der Waals surface area contributed by atoms with Gasteiger partial charge in [0.1, 0.15) is 0 Å². The van der Waals surface area contributed by atoms with Crippen LogP contribution in [0.5, 0.6) is 0 Å². The van der Waals surface area contributed by atoms with Gasteiger partial charge in [-0.3, -0.25) is 4.79 Å². The molecule has 1 aromatic carbocycles. The number of rotatable bonds is 4. The number of halogens is 3. The molecule has 3 rings (SSSR count). The van der Waals surface area contributed by atoms with E-state index in [0.29, 0.717) is 11.8 Å². The van der Waals surface area contributed by atoms with Gasteiger partial charge < -0.3 is 5.32 Å². The fourth-order valence-electron chi connectivity index (χ4n) is 2.82. The van der Waals surface area contributed by atoms with Gasteiger partial charge in [0.2, 0.25) is 0 Å². The quantitative estimate of drug-likeness (QED) is 0.660. The predicted octanol–water partition coefficient (Wildman–Crippen LogP) is 3.19. The van der Waals surface area contributed by atoms with Crippen molar-refractivity contribution >= 4 is 17.3 Å². The minimum absolute atomic E-state index is 0.137. The van der Waals surface area contributed by atoms with Gasteiger partial charge >= 0.3 is 6.18 Å². The minimum atomic E-state index is -4.40. The maximum Gasteiger partial charge on any atom is 0.416 e. The highest BCUT2D eigenvalue weighted by Crippen LogP contribution is 2.40. The number of fused-ring (bicyclic) bond motifs is 1. The fraction of sp³-hybridized carbons (Fsp3) is 0.375. The molecule has 0 saturated heterocycles. The lowest BCUT2D eigenvalue weighted by Gasteiger charge is -2.31. The summed E-state index contributed by atoms with van der Waals surface area (Å²) in [6, 6.07) is 4.73. The molecule has 0 radical (unpaired) electrons. The number of nitrogens with zero attached hydrogens (tertiary/aromatic N) is 1. The molecule has 0 aromatic heterocycles. The van der Waals surface area contributed by atoms with Crippen molar-refractivity contribution in [2.24, 2.45) is 16.9 Å². The first-order valence-corrected chi connectivity index (χ1v) is 7.36. The van der Waals surface area contributed by atoms with Crippen molar-refractivity contribution < 1.29 is 18.0 Å². The van der Waals surface area contributed by atoms with E-state index in [1.807, 2.05) is 0 Å². The van der Waals surface area contributed by atoms with Gasteiger partial charge in [-0.25, -0.2) is 5.43 Å². The Bertz CT molecular complexity index is 667. The van der Waals surface area contributed by atoms with Crippen molar-refractivity contribution in [3.8, 4) is 0 Å². The minimum Gasteiger partial charge on any atom is -0.376 e. The molecule has 23 heavy (non-hydrogen) atoms. The Kier molecular flexibility index (Phi) is 4.11. The molecule has 2 atom stereocenters. The molecule has 0 bridgehead atoms. The third-order valence-electron chi connectivity index (χ3n) is 4.11. The second kappa shape index (κ2) is 6.06. The number of amides is 1. The Balaban J connectivity index is 1.50. The van der Waals surface area contributed by atoms with E-state index in [1.165, 1.54) is 12.1 Å². The molecule has 1 amide bonds. The van der Waals surface area contributed by atoms with Crippen LogP contribution >= 0.6 is 0 Å². The summed E-state index contributed by atoms with van der Waals surface area (Å²) in [5, 5.41) is 6.75. The van der Waals surface area contributed by atoms with E-state index in [4.69, 9.17) is 0 Å². The lowest BCUT2D eigenvalue weighted by Crippen LogP contribution is -2.36. The zero-order chi connectivity index (χ0) is 16.4. The lowest BCUT2D eigenvalue weighted by molar-refractivity contribution is -0.137. The van der Waals surface area contributed by atoms with Crippen LogP contribution in [0.3, 0.4) is 0 Å². The summed E-state index contributed by atoms with van der Waals surface area (Å²) < 4.78 is 37.8. The molecule has 2 unspecified atom stereocenters. The number of benzene rings is 1. The van der Waals surface area contributed by atoms with Gasteiger partial charge in [0.15, 0.2) is 0 Å². The van der Waals surface area contributed by atoms with Gasteiger partial charge in [-0.2, -0.15) is 18.3 Å². The Hall–Kier alpha value is -2.31. The zero-order valence-corrected chi connectivity index (χ0v) is 12.2. The van der Waals surface area contributed by atoms with Crippen molar-refractivity contribution in [1.82, 2.24) is 5.43 Å². The van der Waals surface area contributed by atoms with Crippen LogP contribution < -0.4 is 10.7 Å². The van der Waals surface area contributed by atoms with Crippen molar-refractivity contribution in [1.29, 1.82) is 0 Å². The topological polar surface area (TPSA) is 53.5 Å². The van der Waals surface area contributed by atoms with Crippen LogP contribution in [-0.2, 0) is 11.0 Å². The second-order valence-corrected chi connectivity index (χ2v) is 5.72. The number of allylic oxidation sites excluding steroid dienone is 2. The number of carbonyl (C=O) groups is 1. The molecule has 2 N–H and O–H groups in total. The normalized spacial score (nSPS) is 24.2. The Labute approximate surface area is 131 Å². The van der Waals surface area contributed by atoms with Crippen molar-refractivity contribution in [2.75, 3.05) is 11.9 Å². The Morgan fingerprint density at radius 1 is 1.35 bits per heavy atom. The maximum absolute atomic E-state index is 12.6. The molecule has 2 aliphatic carbocycles. The summed E-state index contributed by atoms with van der Waals surface area (Å²) in [6.07, 6.45) is 1.77. The molecule has 1 fully saturated rings. The van der Waals surface area contributed by atoms with Crippen LogP contribution in [0.1, 0.15) is 18.4 Å². The van der Waals surface area contributed by atoms with E-state index in [-0.39, 0.29) is 18.1 Å². The van der Waals surface area contributed by atoms with Gasteiger partial charge in [0.25, 0.3) is 5.91 Å². The van der Waals surface area contributed by atoms with E-state index in [1.54, 1.807) is 0 Å². The van der Waals surface area contributed by atoms with Crippen LogP contribution in [0, 0.1) is 11.8 Å². The summed E-state index contributed by atoms with van der Waals surface area (Å²) in [5.41, 5.74) is 2.89. The molecule has 122 valence electrons. The van der Waals surface area contributed by atoms with Crippen molar-refractivity contribution in [2.45, 2.75) is 19.0 Å². The van der Waals surface area contributed by atoms with Crippen molar-refractivity contribution in [3.63, 3.8) is 0 Å². The van der Waals surface area contributed by atoms with Gasteiger partial charge in [0, 0.05) is 17.3 Å². The average Bonchev–Trinajstić information content (AvgIpc) is 2.86. The third kappa shape index (κ3) is 3.55. The zero-order valence-electron chi connectivity index (χ0n) is 12.2.